The van der Waals surface area contributed by atoms with Crippen molar-refractivity contribution in [2.24, 2.45) is 5.11 Å². The number of hydrogen-bond acceptors (Lipinski definition) is 6. The first-order valence-electron chi connectivity index (χ1n) is 15.4. The predicted molar refractivity (Wildman–Crippen MR) is 186 cm³/mol. The average molecular weight is 727 g/mol. The van der Waals surface area contributed by atoms with Crippen LogP contribution in [-0.2, 0) is 14.3 Å². The van der Waals surface area contributed by atoms with Gasteiger partial charge >= 0.3 is 11.9 Å². The van der Waals surface area contributed by atoms with Gasteiger partial charge in [-0.2, -0.15) is 0 Å². The van der Waals surface area contributed by atoms with E-state index in [1.54, 1.807) is 42.5 Å². The van der Waals surface area contributed by atoms with Crippen molar-refractivity contribution in [1.82, 2.24) is 5.32 Å². The first kappa shape index (κ1) is 37.3. The van der Waals surface area contributed by atoms with Crippen LogP contribution in [0.2, 0.25) is 0 Å². The molecule has 0 aliphatic carbocycles. The van der Waals surface area contributed by atoms with E-state index in [2.05, 4.69) is 50.1 Å². The molecule has 0 unspecified atom stereocenters. The Hall–Kier alpha value is -3.89. The average Bonchev–Trinajstić information content (AvgIpc) is 3.05. The minimum atomic E-state index is -0.432. The van der Waals surface area contributed by atoms with Crippen molar-refractivity contribution in [3.8, 4) is 0 Å². The number of rotatable bonds is 21. The number of benzene rings is 2. The summed E-state index contributed by atoms with van der Waals surface area (Å²) in [6, 6.07) is 14.0. The van der Waals surface area contributed by atoms with Gasteiger partial charge in [-0.05, 0) is 97.0 Å². The molecule has 0 saturated carbocycles. The number of amides is 1. The van der Waals surface area contributed by atoms with E-state index in [4.69, 9.17) is 15.0 Å². The summed E-state index contributed by atoms with van der Waals surface area (Å²) in [7, 11) is 1.36. The molecule has 10 heteroatoms. The highest BCUT2D eigenvalue weighted by Gasteiger charge is 2.14. The first-order chi connectivity index (χ1) is 21.9. The van der Waals surface area contributed by atoms with Crippen molar-refractivity contribution in [3.05, 3.63) is 110 Å². The van der Waals surface area contributed by atoms with Gasteiger partial charge in [0, 0.05) is 27.0 Å². The van der Waals surface area contributed by atoms with Crippen molar-refractivity contribution < 1.29 is 23.9 Å². The molecule has 0 fully saturated rings. The zero-order chi connectivity index (χ0) is 32.5. The van der Waals surface area contributed by atoms with Gasteiger partial charge in [0.05, 0.1) is 18.4 Å². The van der Waals surface area contributed by atoms with Crippen LogP contribution in [0.25, 0.3) is 10.4 Å². The molecule has 0 saturated heterocycles. The lowest BCUT2D eigenvalue weighted by molar-refractivity contribution is -0.140. The summed E-state index contributed by atoms with van der Waals surface area (Å²) in [5, 5.41) is 6.53. The Morgan fingerprint density at radius 1 is 0.956 bits per heavy atom. The predicted octanol–water partition coefficient (Wildman–Crippen LogP) is 9.32. The maximum absolute atomic E-state index is 12.5. The maximum atomic E-state index is 12.5. The van der Waals surface area contributed by atoms with Crippen LogP contribution in [0.1, 0.15) is 91.3 Å². The Bertz CT molecular complexity index is 1340. The molecule has 0 radical (unpaired) electrons. The summed E-state index contributed by atoms with van der Waals surface area (Å²) in [5.41, 5.74) is 9.94. The smallest absolute Gasteiger partial charge is 0.338 e. The summed E-state index contributed by atoms with van der Waals surface area (Å²) in [4.78, 5) is 39.2. The molecule has 0 heterocycles. The molecule has 0 spiro atoms. The van der Waals surface area contributed by atoms with Gasteiger partial charge in [-0.1, -0.05) is 85.4 Å². The van der Waals surface area contributed by atoms with Crippen molar-refractivity contribution in [2.75, 3.05) is 13.7 Å². The fraction of sp³-hybridized carbons (Fsp3) is 0.400. The number of unbranched alkanes of at least 4 members (excludes halogenated alkanes) is 6. The van der Waals surface area contributed by atoms with Gasteiger partial charge in [-0.25, -0.2) is 4.79 Å². The molecule has 1 amide bonds. The lowest BCUT2D eigenvalue weighted by Crippen LogP contribution is -2.24. The number of hydrogen-bond donors (Lipinski definition) is 1. The SMILES string of the molecule is COC(=O)CCC[C@@H](/C=C/C=C\C/C=C\CCCCCCCCNC(=O)c1cc(I)ccc1N=[N+]=[N-])OC(=O)c1ccccc1. The summed E-state index contributed by atoms with van der Waals surface area (Å²) in [6.45, 7) is 0.598. The van der Waals surface area contributed by atoms with E-state index in [1.165, 1.54) is 20.0 Å². The number of esters is 2. The molecule has 0 aliphatic heterocycles. The highest BCUT2D eigenvalue weighted by Crippen LogP contribution is 2.22. The number of methoxy groups -OCH3 is 1. The molecule has 2 aromatic carbocycles. The normalized spacial score (nSPS) is 11.9. The summed E-state index contributed by atoms with van der Waals surface area (Å²) in [5.74, 6) is -0.880. The van der Waals surface area contributed by atoms with Crippen LogP contribution in [0.5, 0.6) is 0 Å². The van der Waals surface area contributed by atoms with Crippen molar-refractivity contribution >= 4 is 46.1 Å². The number of carbonyl (C=O) groups excluding carboxylic acids is 3. The third-order valence-corrected chi connectivity index (χ3v) is 7.49. The first-order valence-corrected chi connectivity index (χ1v) is 16.5. The van der Waals surface area contributed by atoms with Gasteiger partial charge in [0.15, 0.2) is 0 Å². The van der Waals surface area contributed by atoms with E-state index in [-0.39, 0.29) is 24.3 Å². The number of carbonyl (C=O) groups is 3. The molecular formula is C35H43IN4O5. The standard InChI is InChI=1S/C35H43IN4O5/c1-44-33(41)23-18-22-30(45-35(43)28-19-14-13-15-20-28)21-16-11-9-7-5-3-2-4-6-8-10-12-17-26-38-34(42)31-27-29(36)24-25-32(31)39-40-37/h3,5,9,11,13-16,19-21,24-25,27,30H,2,4,6-8,10,12,17-18,22-23,26H2,1H3,(H,38,42)/b5-3-,11-9-,21-16+/t30-/m1/s1. The highest BCUT2D eigenvalue weighted by molar-refractivity contribution is 14.1. The van der Waals surface area contributed by atoms with Crippen LogP contribution in [0.3, 0.4) is 0 Å². The van der Waals surface area contributed by atoms with E-state index < -0.39 is 6.10 Å². The molecule has 1 atom stereocenters. The van der Waals surface area contributed by atoms with Crippen LogP contribution in [0.15, 0.2) is 90.1 Å². The lowest BCUT2D eigenvalue weighted by atomic mass is 10.1. The Kier molecular flexibility index (Phi) is 19.5. The zero-order valence-corrected chi connectivity index (χ0v) is 28.1. The minimum absolute atomic E-state index is 0.213. The molecule has 0 bridgehead atoms. The Labute approximate surface area is 279 Å². The number of allylic oxidation sites excluding steroid dienone is 5. The van der Waals surface area contributed by atoms with E-state index in [1.807, 2.05) is 30.4 Å². The lowest BCUT2D eigenvalue weighted by Gasteiger charge is -2.14. The molecule has 45 heavy (non-hydrogen) atoms. The Morgan fingerprint density at radius 3 is 2.47 bits per heavy atom. The quantitative estimate of drug-likeness (QED) is 0.0200. The Balaban J connectivity index is 1.57. The number of azide groups is 1. The molecule has 0 aliphatic rings. The number of ether oxygens (including phenoxy) is 2. The highest BCUT2D eigenvalue weighted by atomic mass is 127. The molecular weight excluding hydrogens is 683 g/mol. The van der Waals surface area contributed by atoms with E-state index in [0.29, 0.717) is 36.2 Å². The second-order valence-electron chi connectivity index (χ2n) is 10.3. The van der Waals surface area contributed by atoms with Gasteiger partial charge in [-0.3, -0.25) is 9.59 Å². The Morgan fingerprint density at radius 2 is 1.71 bits per heavy atom. The van der Waals surface area contributed by atoms with Crippen LogP contribution in [0.4, 0.5) is 5.69 Å². The summed E-state index contributed by atoms with van der Waals surface area (Å²) in [6.07, 6.45) is 21.5. The van der Waals surface area contributed by atoms with E-state index in [0.717, 1.165) is 42.1 Å². The van der Waals surface area contributed by atoms with E-state index in [9.17, 15) is 14.4 Å². The van der Waals surface area contributed by atoms with Crippen LogP contribution in [0, 0.1) is 3.57 Å². The van der Waals surface area contributed by atoms with Gasteiger partial charge in [-0.15, -0.1) is 0 Å². The molecule has 0 aromatic heterocycles. The number of nitrogens with one attached hydrogen (secondary N) is 1. The second kappa shape index (κ2) is 23.5. The molecule has 9 nitrogen and oxygen atoms in total. The zero-order valence-electron chi connectivity index (χ0n) is 25.9. The van der Waals surface area contributed by atoms with E-state index >= 15 is 0 Å². The number of nitrogens with zero attached hydrogens (tertiary/aromatic N) is 3. The van der Waals surface area contributed by atoms with Gasteiger partial charge in [0.1, 0.15) is 6.10 Å². The van der Waals surface area contributed by atoms with Crippen LogP contribution < -0.4 is 5.32 Å². The fourth-order valence-electron chi connectivity index (χ4n) is 4.38. The van der Waals surface area contributed by atoms with Gasteiger partial charge < -0.3 is 14.8 Å². The topological polar surface area (TPSA) is 130 Å². The largest absolute Gasteiger partial charge is 0.469 e. The minimum Gasteiger partial charge on any atom is -0.469 e. The molecule has 240 valence electrons. The van der Waals surface area contributed by atoms with Crippen molar-refractivity contribution in [2.45, 2.75) is 76.7 Å². The van der Waals surface area contributed by atoms with Crippen molar-refractivity contribution in [1.29, 1.82) is 0 Å². The number of halogens is 1. The maximum Gasteiger partial charge on any atom is 0.338 e. The third-order valence-electron chi connectivity index (χ3n) is 6.82. The monoisotopic (exact) mass is 726 g/mol. The fourth-order valence-corrected chi connectivity index (χ4v) is 4.87. The van der Waals surface area contributed by atoms with Gasteiger partial charge in [0.25, 0.3) is 5.91 Å². The molecule has 1 N–H and O–H groups in total. The molecule has 2 aromatic rings. The van der Waals surface area contributed by atoms with Crippen LogP contribution >= 0.6 is 22.6 Å². The van der Waals surface area contributed by atoms with Crippen LogP contribution in [-0.4, -0.2) is 37.6 Å². The summed E-state index contributed by atoms with van der Waals surface area (Å²) >= 11 is 2.13. The third kappa shape index (κ3) is 16.7. The second-order valence-corrected chi connectivity index (χ2v) is 11.6. The summed E-state index contributed by atoms with van der Waals surface area (Å²) < 4.78 is 11.3. The van der Waals surface area contributed by atoms with Gasteiger partial charge in [0.2, 0.25) is 0 Å². The van der Waals surface area contributed by atoms with Crippen molar-refractivity contribution in [3.63, 3.8) is 0 Å². The molecule has 2 rings (SSSR count).